The predicted molar refractivity (Wildman–Crippen MR) is 115 cm³/mol. The van der Waals surface area contributed by atoms with Gasteiger partial charge in [-0.05, 0) is 45.6 Å². The number of para-hydroxylation sites is 1. The van der Waals surface area contributed by atoms with Crippen molar-refractivity contribution in [3.05, 3.63) is 30.3 Å². The van der Waals surface area contributed by atoms with Crippen molar-refractivity contribution in [3.8, 4) is 5.75 Å². The standard InChI is InChI=1S/C22H38N4O/c1-23-22(24-16-10-5-4-6-11-17-25(2)3)26-18-14-21(15-19-26)27-20-12-8-7-9-13-20/h7-9,12-13,21H,4-6,10-11,14-19H2,1-3H3,(H,23,24). The zero-order valence-corrected chi connectivity index (χ0v) is 17.5. The molecule has 1 heterocycles. The minimum absolute atomic E-state index is 0.309. The summed E-state index contributed by atoms with van der Waals surface area (Å²) in [5, 5.41) is 3.54. The summed E-state index contributed by atoms with van der Waals surface area (Å²) in [4.78, 5) is 9.10. The molecule has 0 radical (unpaired) electrons. The fourth-order valence-corrected chi connectivity index (χ4v) is 3.49. The van der Waals surface area contributed by atoms with E-state index >= 15 is 0 Å². The highest BCUT2D eigenvalue weighted by atomic mass is 16.5. The van der Waals surface area contributed by atoms with Gasteiger partial charge in [0.15, 0.2) is 5.96 Å². The van der Waals surface area contributed by atoms with E-state index in [4.69, 9.17) is 4.74 Å². The Morgan fingerprint density at radius 2 is 1.74 bits per heavy atom. The Balaban J connectivity index is 1.57. The molecule has 1 aromatic rings. The lowest BCUT2D eigenvalue weighted by Gasteiger charge is -2.34. The Hall–Kier alpha value is -1.75. The van der Waals surface area contributed by atoms with Crippen LogP contribution in [-0.2, 0) is 0 Å². The summed E-state index contributed by atoms with van der Waals surface area (Å²) < 4.78 is 6.09. The molecule has 1 aliphatic rings. The largest absolute Gasteiger partial charge is 0.490 e. The number of benzene rings is 1. The molecule has 5 nitrogen and oxygen atoms in total. The van der Waals surface area contributed by atoms with E-state index in [0.29, 0.717) is 6.10 Å². The highest BCUT2D eigenvalue weighted by Gasteiger charge is 2.22. The van der Waals surface area contributed by atoms with E-state index in [2.05, 4.69) is 34.2 Å². The number of piperidine rings is 1. The summed E-state index contributed by atoms with van der Waals surface area (Å²) in [6.45, 7) is 4.22. The maximum absolute atomic E-state index is 6.09. The van der Waals surface area contributed by atoms with Crippen molar-refractivity contribution in [1.82, 2.24) is 15.1 Å². The fourth-order valence-electron chi connectivity index (χ4n) is 3.49. The van der Waals surface area contributed by atoms with Gasteiger partial charge in [-0.2, -0.15) is 0 Å². The number of nitrogens with zero attached hydrogens (tertiary/aromatic N) is 3. The molecule has 0 aromatic heterocycles. The lowest BCUT2D eigenvalue weighted by molar-refractivity contribution is 0.129. The smallest absolute Gasteiger partial charge is 0.193 e. The average molecular weight is 375 g/mol. The Bertz CT molecular complexity index is 524. The van der Waals surface area contributed by atoms with E-state index in [-0.39, 0.29) is 0 Å². The SMILES string of the molecule is CN=C(NCCCCCCCN(C)C)N1CCC(Oc2ccccc2)CC1. The average Bonchev–Trinajstić information content (AvgIpc) is 2.68. The molecule has 0 bridgehead atoms. The first-order valence-electron chi connectivity index (χ1n) is 10.5. The molecular weight excluding hydrogens is 336 g/mol. The van der Waals surface area contributed by atoms with Crippen molar-refractivity contribution < 1.29 is 4.74 Å². The van der Waals surface area contributed by atoms with Crippen molar-refractivity contribution >= 4 is 5.96 Å². The van der Waals surface area contributed by atoms with Crippen LogP contribution < -0.4 is 10.1 Å². The molecule has 27 heavy (non-hydrogen) atoms. The summed E-state index contributed by atoms with van der Waals surface area (Å²) >= 11 is 0. The number of ether oxygens (including phenoxy) is 1. The first-order valence-corrected chi connectivity index (χ1v) is 10.5. The van der Waals surface area contributed by atoms with Crippen LogP contribution in [0.4, 0.5) is 0 Å². The maximum atomic E-state index is 6.09. The van der Waals surface area contributed by atoms with Crippen LogP contribution >= 0.6 is 0 Å². The quantitative estimate of drug-likeness (QED) is 0.386. The Morgan fingerprint density at radius 3 is 2.41 bits per heavy atom. The molecule has 1 saturated heterocycles. The van der Waals surface area contributed by atoms with Gasteiger partial charge in [0.05, 0.1) is 0 Å². The summed E-state index contributed by atoms with van der Waals surface area (Å²) in [5.74, 6) is 2.02. The van der Waals surface area contributed by atoms with Crippen LogP contribution in [0.5, 0.6) is 5.75 Å². The summed E-state index contributed by atoms with van der Waals surface area (Å²) in [6.07, 6.45) is 8.88. The summed E-state index contributed by atoms with van der Waals surface area (Å²) in [5.41, 5.74) is 0. The topological polar surface area (TPSA) is 40.1 Å². The first kappa shape index (κ1) is 21.5. The molecule has 0 spiro atoms. The Kier molecular flexibility index (Phi) is 10.1. The normalized spacial score (nSPS) is 16.0. The van der Waals surface area contributed by atoms with E-state index in [1.54, 1.807) is 0 Å². The molecular formula is C22H38N4O. The minimum atomic E-state index is 0.309. The van der Waals surface area contributed by atoms with Gasteiger partial charge in [-0.15, -0.1) is 0 Å². The van der Waals surface area contributed by atoms with Gasteiger partial charge in [0.1, 0.15) is 11.9 Å². The number of likely N-dealkylation sites (tertiary alicyclic amines) is 1. The van der Waals surface area contributed by atoms with Gasteiger partial charge in [0.25, 0.3) is 0 Å². The lowest BCUT2D eigenvalue weighted by Crippen LogP contribution is -2.47. The van der Waals surface area contributed by atoms with E-state index in [9.17, 15) is 0 Å². The van der Waals surface area contributed by atoms with Gasteiger partial charge in [0.2, 0.25) is 0 Å². The van der Waals surface area contributed by atoms with Gasteiger partial charge in [-0.25, -0.2) is 0 Å². The minimum Gasteiger partial charge on any atom is -0.490 e. The van der Waals surface area contributed by atoms with E-state index in [0.717, 1.165) is 44.2 Å². The number of rotatable bonds is 10. The summed E-state index contributed by atoms with van der Waals surface area (Å²) in [7, 11) is 6.17. The predicted octanol–water partition coefficient (Wildman–Crippen LogP) is 3.62. The second kappa shape index (κ2) is 12.6. The van der Waals surface area contributed by atoms with Crippen molar-refractivity contribution in [1.29, 1.82) is 0 Å². The van der Waals surface area contributed by atoms with Crippen molar-refractivity contribution in [2.24, 2.45) is 4.99 Å². The van der Waals surface area contributed by atoms with Crippen LogP contribution in [0.1, 0.15) is 44.9 Å². The van der Waals surface area contributed by atoms with Crippen molar-refractivity contribution in [3.63, 3.8) is 0 Å². The molecule has 1 aliphatic heterocycles. The van der Waals surface area contributed by atoms with Gasteiger partial charge in [-0.3, -0.25) is 4.99 Å². The molecule has 0 unspecified atom stereocenters. The lowest BCUT2D eigenvalue weighted by atomic mass is 10.1. The first-order chi connectivity index (χ1) is 13.2. The molecule has 0 amide bonds. The zero-order chi connectivity index (χ0) is 19.3. The second-order valence-corrected chi connectivity index (χ2v) is 7.66. The third-order valence-electron chi connectivity index (χ3n) is 5.06. The number of hydrogen-bond donors (Lipinski definition) is 1. The van der Waals surface area contributed by atoms with Crippen LogP contribution in [0.2, 0.25) is 0 Å². The summed E-state index contributed by atoms with van der Waals surface area (Å²) in [6, 6.07) is 10.1. The van der Waals surface area contributed by atoms with Gasteiger partial charge >= 0.3 is 0 Å². The molecule has 1 N–H and O–H groups in total. The van der Waals surface area contributed by atoms with Gasteiger partial charge in [0, 0.05) is 39.5 Å². The van der Waals surface area contributed by atoms with Crippen LogP contribution in [0.3, 0.4) is 0 Å². The van der Waals surface area contributed by atoms with Crippen LogP contribution in [-0.4, -0.2) is 69.2 Å². The van der Waals surface area contributed by atoms with Crippen molar-refractivity contribution in [2.45, 2.75) is 51.0 Å². The third-order valence-corrected chi connectivity index (χ3v) is 5.06. The van der Waals surface area contributed by atoms with E-state index in [1.807, 2.05) is 37.4 Å². The number of unbranched alkanes of at least 4 members (excludes halogenated alkanes) is 4. The third kappa shape index (κ3) is 8.65. The number of nitrogens with one attached hydrogen (secondary N) is 1. The fraction of sp³-hybridized carbons (Fsp3) is 0.682. The van der Waals surface area contributed by atoms with Crippen molar-refractivity contribution in [2.75, 3.05) is 47.3 Å². The molecule has 5 heteroatoms. The van der Waals surface area contributed by atoms with E-state index in [1.165, 1.54) is 38.6 Å². The molecule has 1 fully saturated rings. The van der Waals surface area contributed by atoms with Crippen LogP contribution in [0.15, 0.2) is 35.3 Å². The van der Waals surface area contributed by atoms with Gasteiger partial charge < -0.3 is 19.9 Å². The highest BCUT2D eigenvalue weighted by Crippen LogP contribution is 2.18. The Morgan fingerprint density at radius 1 is 1.07 bits per heavy atom. The number of aliphatic imine (C=N–C) groups is 1. The second-order valence-electron chi connectivity index (χ2n) is 7.66. The van der Waals surface area contributed by atoms with E-state index < -0.39 is 0 Å². The highest BCUT2D eigenvalue weighted by molar-refractivity contribution is 5.79. The zero-order valence-electron chi connectivity index (χ0n) is 17.5. The molecule has 152 valence electrons. The Labute approximate surface area is 165 Å². The van der Waals surface area contributed by atoms with Crippen LogP contribution in [0, 0.1) is 0 Å². The number of hydrogen-bond acceptors (Lipinski definition) is 3. The molecule has 0 aliphatic carbocycles. The molecule has 1 aromatic carbocycles. The maximum Gasteiger partial charge on any atom is 0.193 e. The molecule has 2 rings (SSSR count). The van der Waals surface area contributed by atoms with Gasteiger partial charge in [-0.1, -0.05) is 37.5 Å². The van der Waals surface area contributed by atoms with Crippen LogP contribution in [0.25, 0.3) is 0 Å². The number of guanidine groups is 1. The molecule has 0 saturated carbocycles. The molecule has 0 atom stereocenters. The monoisotopic (exact) mass is 374 g/mol.